The molecule has 2 aliphatic heterocycles. The zero-order valence-corrected chi connectivity index (χ0v) is 23.3. The summed E-state index contributed by atoms with van der Waals surface area (Å²) in [5.41, 5.74) is 2.57. The highest BCUT2D eigenvalue weighted by atomic mass is 35.5. The van der Waals surface area contributed by atoms with Crippen LogP contribution in [0.3, 0.4) is 0 Å². The molecular formula is C28H29Cl2FN4O2S. The molecule has 6 nitrogen and oxygen atoms in total. The number of anilines is 1. The zero-order valence-electron chi connectivity index (χ0n) is 21.0. The minimum absolute atomic E-state index is 0.0592. The van der Waals surface area contributed by atoms with Crippen LogP contribution in [0.1, 0.15) is 35.4 Å². The molecule has 200 valence electrons. The third-order valence-electron chi connectivity index (χ3n) is 7.28. The van der Waals surface area contributed by atoms with Crippen molar-refractivity contribution >= 4 is 52.2 Å². The van der Waals surface area contributed by atoms with E-state index in [2.05, 4.69) is 21.7 Å². The fourth-order valence-corrected chi connectivity index (χ4v) is 6.60. The number of urea groups is 1. The Morgan fingerprint density at radius 2 is 1.92 bits per heavy atom. The molecule has 38 heavy (non-hydrogen) atoms. The molecule has 0 aliphatic carbocycles. The molecule has 0 spiro atoms. The zero-order chi connectivity index (χ0) is 26.8. The largest absolute Gasteiger partial charge is 0.339 e. The topological polar surface area (TPSA) is 55.9 Å². The number of thiophene rings is 1. The van der Waals surface area contributed by atoms with Crippen LogP contribution in [-0.2, 0) is 11.2 Å². The predicted molar refractivity (Wildman–Crippen MR) is 151 cm³/mol. The van der Waals surface area contributed by atoms with Gasteiger partial charge in [-0.3, -0.25) is 9.69 Å². The first-order valence-electron chi connectivity index (χ1n) is 12.7. The molecule has 0 radical (unpaired) electrons. The molecule has 3 amide bonds. The van der Waals surface area contributed by atoms with E-state index in [0.717, 1.165) is 18.5 Å². The number of benzene rings is 2. The first-order valence-corrected chi connectivity index (χ1v) is 14.3. The Morgan fingerprint density at radius 1 is 1.11 bits per heavy atom. The van der Waals surface area contributed by atoms with Gasteiger partial charge in [-0.05, 0) is 60.2 Å². The average molecular weight is 576 g/mol. The van der Waals surface area contributed by atoms with Gasteiger partial charge in [0.1, 0.15) is 5.82 Å². The summed E-state index contributed by atoms with van der Waals surface area (Å²) in [6.07, 6.45) is 1.29. The smallest absolute Gasteiger partial charge is 0.322 e. The SMILES string of the molecule is C[C@@H]1CN(C(=O)CCN2CCc3sccc3[C@H]2c2cccc(F)c2)CCN1C(=O)Nc1cccc(Cl)c1Cl. The van der Waals surface area contributed by atoms with Crippen LogP contribution in [0.2, 0.25) is 10.0 Å². The first kappa shape index (κ1) is 26.9. The summed E-state index contributed by atoms with van der Waals surface area (Å²) in [6.45, 7) is 4.67. The van der Waals surface area contributed by atoms with E-state index >= 15 is 0 Å². The summed E-state index contributed by atoms with van der Waals surface area (Å²) in [5, 5.41) is 5.59. The molecule has 1 saturated heterocycles. The van der Waals surface area contributed by atoms with Gasteiger partial charge >= 0.3 is 6.03 Å². The number of carbonyl (C=O) groups is 2. The Balaban J connectivity index is 1.19. The third kappa shape index (κ3) is 5.69. The molecule has 2 aromatic carbocycles. The van der Waals surface area contributed by atoms with E-state index in [1.807, 2.05) is 17.9 Å². The molecule has 1 fully saturated rings. The Bertz CT molecular complexity index is 1340. The number of hydrogen-bond donors (Lipinski definition) is 1. The second kappa shape index (κ2) is 11.6. The van der Waals surface area contributed by atoms with Crippen molar-refractivity contribution in [3.05, 3.63) is 85.8 Å². The van der Waals surface area contributed by atoms with Gasteiger partial charge in [0.2, 0.25) is 5.91 Å². The van der Waals surface area contributed by atoms with Gasteiger partial charge < -0.3 is 15.1 Å². The van der Waals surface area contributed by atoms with Gasteiger partial charge in [0.25, 0.3) is 0 Å². The quantitative estimate of drug-likeness (QED) is 0.389. The molecule has 10 heteroatoms. The van der Waals surface area contributed by atoms with E-state index in [0.29, 0.717) is 48.3 Å². The van der Waals surface area contributed by atoms with Crippen LogP contribution in [0, 0.1) is 5.82 Å². The van der Waals surface area contributed by atoms with Crippen molar-refractivity contribution in [3.8, 4) is 0 Å². The van der Waals surface area contributed by atoms with Gasteiger partial charge in [0.05, 0.1) is 21.8 Å². The van der Waals surface area contributed by atoms with Crippen LogP contribution in [0.15, 0.2) is 53.9 Å². The van der Waals surface area contributed by atoms with E-state index < -0.39 is 0 Å². The number of carbonyl (C=O) groups excluding carboxylic acids is 2. The standard InChI is InChI=1S/C28H29Cl2FN4O2S/c1-18-17-34(13-14-35(18)28(37)32-23-7-3-6-22(29)26(23)30)25(36)9-12-33-11-8-24-21(10-15-38-24)27(33)19-4-2-5-20(31)16-19/h2-7,10,15-16,18,27H,8-9,11-14,17H2,1H3,(H,32,37)/t18-,27-/m1/s1. The van der Waals surface area contributed by atoms with Crippen molar-refractivity contribution in [2.75, 3.05) is 38.0 Å². The minimum atomic E-state index is -0.272. The summed E-state index contributed by atoms with van der Waals surface area (Å²) in [6, 6.07) is 13.5. The predicted octanol–water partition coefficient (Wildman–Crippen LogP) is 6.30. The highest BCUT2D eigenvalue weighted by Gasteiger charge is 2.33. The lowest BCUT2D eigenvalue weighted by atomic mass is 9.93. The van der Waals surface area contributed by atoms with Crippen molar-refractivity contribution in [1.29, 1.82) is 0 Å². The summed E-state index contributed by atoms with van der Waals surface area (Å²) in [4.78, 5) is 33.3. The average Bonchev–Trinajstić information content (AvgIpc) is 3.38. The van der Waals surface area contributed by atoms with Crippen molar-refractivity contribution in [1.82, 2.24) is 14.7 Å². The maximum Gasteiger partial charge on any atom is 0.322 e. The fourth-order valence-electron chi connectivity index (χ4n) is 5.35. The van der Waals surface area contributed by atoms with Crippen molar-refractivity contribution in [2.45, 2.75) is 31.8 Å². The van der Waals surface area contributed by atoms with E-state index in [1.165, 1.54) is 16.5 Å². The number of hydrogen-bond acceptors (Lipinski definition) is 4. The van der Waals surface area contributed by atoms with Crippen molar-refractivity contribution < 1.29 is 14.0 Å². The number of rotatable bonds is 5. The molecular weight excluding hydrogens is 546 g/mol. The number of piperazine rings is 1. The van der Waals surface area contributed by atoms with Gasteiger partial charge in [-0.2, -0.15) is 0 Å². The molecule has 1 aromatic heterocycles. The Kier molecular flexibility index (Phi) is 8.23. The lowest BCUT2D eigenvalue weighted by Gasteiger charge is -2.40. The number of halogens is 3. The summed E-state index contributed by atoms with van der Waals surface area (Å²) < 4.78 is 14.1. The molecule has 0 bridgehead atoms. The summed E-state index contributed by atoms with van der Waals surface area (Å²) in [7, 11) is 0. The normalized spacial score (nSPS) is 19.8. The second-order valence-corrected chi connectivity index (χ2v) is 11.5. The lowest BCUT2D eigenvalue weighted by molar-refractivity contribution is -0.134. The molecule has 1 N–H and O–H groups in total. The van der Waals surface area contributed by atoms with Crippen molar-refractivity contribution in [2.24, 2.45) is 0 Å². The van der Waals surface area contributed by atoms with E-state index in [-0.39, 0.29) is 29.8 Å². The van der Waals surface area contributed by atoms with E-state index in [4.69, 9.17) is 23.2 Å². The number of nitrogens with one attached hydrogen (secondary N) is 1. The van der Waals surface area contributed by atoms with Crippen LogP contribution >= 0.6 is 34.5 Å². The van der Waals surface area contributed by atoms with Crippen LogP contribution in [0.4, 0.5) is 14.9 Å². The summed E-state index contributed by atoms with van der Waals surface area (Å²) in [5.74, 6) is -0.196. The van der Waals surface area contributed by atoms with E-state index in [9.17, 15) is 14.0 Å². The molecule has 2 atom stereocenters. The molecule has 0 unspecified atom stereocenters. The second-order valence-electron chi connectivity index (χ2n) is 9.71. The highest BCUT2D eigenvalue weighted by Crippen LogP contribution is 2.38. The molecule has 0 saturated carbocycles. The maximum atomic E-state index is 14.1. The fraction of sp³-hybridized carbons (Fsp3) is 0.357. The number of nitrogens with zero attached hydrogens (tertiary/aromatic N) is 3. The Morgan fingerprint density at radius 3 is 2.71 bits per heavy atom. The third-order valence-corrected chi connectivity index (χ3v) is 9.09. The molecule has 3 heterocycles. The molecule has 2 aliphatic rings. The monoisotopic (exact) mass is 574 g/mol. The van der Waals surface area contributed by atoms with Crippen LogP contribution < -0.4 is 5.32 Å². The van der Waals surface area contributed by atoms with Gasteiger partial charge in [-0.1, -0.05) is 41.4 Å². The van der Waals surface area contributed by atoms with Crippen LogP contribution in [0.5, 0.6) is 0 Å². The van der Waals surface area contributed by atoms with Gasteiger partial charge in [-0.15, -0.1) is 11.3 Å². The van der Waals surface area contributed by atoms with Gasteiger partial charge in [0.15, 0.2) is 0 Å². The first-order chi connectivity index (χ1) is 18.3. The Labute approximate surface area is 235 Å². The Hall–Kier alpha value is -2.65. The van der Waals surface area contributed by atoms with Crippen LogP contribution in [0.25, 0.3) is 0 Å². The van der Waals surface area contributed by atoms with Crippen molar-refractivity contribution in [3.63, 3.8) is 0 Å². The number of fused-ring (bicyclic) bond motifs is 1. The highest BCUT2D eigenvalue weighted by molar-refractivity contribution is 7.10. The molecule has 5 rings (SSSR count). The lowest BCUT2D eigenvalue weighted by Crippen LogP contribution is -2.56. The minimum Gasteiger partial charge on any atom is -0.339 e. The number of amides is 3. The summed E-state index contributed by atoms with van der Waals surface area (Å²) >= 11 is 14.0. The van der Waals surface area contributed by atoms with E-state index in [1.54, 1.807) is 46.6 Å². The molecule has 3 aromatic rings. The van der Waals surface area contributed by atoms with Gasteiger partial charge in [0, 0.05) is 50.1 Å². The maximum absolute atomic E-state index is 14.1. The van der Waals surface area contributed by atoms with Gasteiger partial charge in [-0.25, -0.2) is 9.18 Å². The van der Waals surface area contributed by atoms with Crippen LogP contribution in [-0.4, -0.2) is 65.4 Å².